The summed E-state index contributed by atoms with van der Waals surface area (Å²) in [6, 6.07) is 15.7. The normalized spacial score (nSPS) is 11.7. The SMILES string of the molecule is CC(=NOCc1ccccc1C#N)c1nc2ccccc2n1C(F)F. The van der Waals surface area contributed by atoms with Gasteiger partial charge in [0.25, 0.3) is 0 Å². The van der Waals surface area contributed by atoms with Crippen LogP contribution >= 0.6 is 0 Å². The van der Waals surface area contributed by atoms with Gasteiger partial charge in [-0.3, -0.25) is 4.57 Å². The van der Waals surface area contributed by atoms with Crippen molar-refractivity contribution in [2.24, 2.45) is 5.16 Å². The van der Waals surface area contributed by atoms with Crippen LogP contribution in [0.4, 0.5) is 8.78 Å². The van der Waals surface area contributed by atoms with E-state index in [1.807, 2.05) is 0 Å². The zero-order chi connectivity index (χ0) is 17.8. The van der Waals surface area contributed by atoms with Crippen molar-refractivity contribution in [3.05, 3.63) is 65.5 Å². The molecule has 0 radical (unpaired) electrons. The monoisotopic (exact) mass is 340 g/mol. The van der Waals surface area contributed by atoms with E-state index in [1.165, 1.54) is 0 Å². The molecular weight excluding hydrogens is 326 g/mol. The molecule has 7 heteroatoms. The zero-order valence-corrected chi connectivity index (χ0v) is 13.4. The number of alkyl halides is 2. The lowest BCUT2D eigenvalue weighted by atomic mass is 10.1. The highest BCUT2D eigenvalue weighted by Gasteiger charge is 2.19. The molecule has 3 aromatic rings. The van der Waals surface area contributed by atoms with Crippen molar-refractivity contribution in [2.45, 2.75) is 20.1 Å². The fourth-order valence-electron chi connectivity index (χ4n) is 2.49. The fraction of sp³-hybridized carbons (Fsp3) is 0.167. The van der Waals surface area contributed by atoms with E-state index in [-0.39, 0.29) is 18.1 Å². The van der Waals surface area contributed by atoms with Crippen molar-refractivity contribution in [3.8, 4) is 6.07 Å². The van der Waals surface area contributed by atoms with Crippen molar-refractivity contribution < 1.29 is 13.6 Å². The number of hydrogen-bond donors (Lipinski definition) is 0. The van der Waals surface area contributed by atoms with Gasteiger partial charge in [0, 0.05) is 5.56 Å². The van der Waals surface area contributed by atoms with Crippen molar-refractivity contribution >= 4 is 16.7 Å². The van der Waals surface area contributed by atoms with Crippen LogP contribution in [0.3, 0.4) is 0 Å². The van der Waals surface area contributed by atoms with Gasteiger partial charge in [-0.15, -0.1) is 0 Å². The van der Waals surface area contributed by atoms with E-state index in [1.54, 1.807) is 55.5 Å². The molecule has 0 saturated heterocycles. The lowest BCUT2D eigenvalue weighted by Gasteiger charge is -2.07. The molecule has 0 bridgehead atoms. The zero-order valence-electron chi connectivity index (χ0n) is 13.4. The number of rotatable bonds is 5. The maximum Gasteiger partial charge on any atom is 0.320 e. The van der Waals surface area contributed by atoms with Gasteiger partial charge >= 0.3 is 6.55 Å². The Balaban J connectivity index is 1.87. The second-order valence-electron chi connectivity index (χ2n) is 5.29. The molecule has 0 amide bonds. The Hall–Kier alpha value is -3.27. The molecule has 0 aliphatic carbocycles. The molecule has 0 fully saturated rings. The summed E-state index contributed by atoms with van der Waals surface area (Å²) in [6.07, 6.45) is 0. The van der Waals surface area contributed by atoms with E-state index in [0.717, 1.165) is 4.57 Å². The van der Waals surface area contributed by atoms with Crippen LogP contribution in [0.2, 0.25) is 0 Å². The summed E-state index contributed by atoms with van der Waals surface area (Å²) < 4.78 is 27.7. The van der Waals surface area contributed by atoms with E-state index in [0.29, 0.717) is 22.2 Å². The average Bonchev–Trinajstić information content (AvgIpc) is 3.02. The quantitative estimate of drug-likeness (QED) is 0.515. The van der Waals surface area contributed by atoms with Crippen LogP contribution in [0.1, 0.15) is 30.4 Å². The molecule has 1 heterocycles. The Morgan fingerprint density at radius 2 is 1.96 bits per heavy atom. The molecule has 0 spiro atoms. The smallest absolute Gasteiger partial charge is 0.320 e. The van der Waals surface area contributed by atoms with Crippen LogP contribution in [-0.2, 0) is 11.4 Å². The molecule has 0 unspecified atom stereocenters. The van der Waals surface area contributed by atoms with Crippen LogP contribution in [0.25, 0.3) is 11.0 Å². The lowest BCUT2D eigenvalue weighted by Crippen LogP contribution is -2.10. The number of fused-ring (bicyclic) bond motifs is 1. The van der Waals surface area contributed by atoms with E-state index >= 15 is 0 Å². The van der Waals surface area contributed by atoms with E-state index in [4.69, 9.17) is 10.1 Å². The summed E-state index contributed by atoms with van der Waals surface area (Å²) in [4.78, 5) is 9.46. The first-order valence-electron chi connectivity index (χ1n) is 7.52. The minimum atomic E-state index is -2.74. The maximum absolute atomic E-state index is 13.4. The Morgan fingerprint density at radius 3 is 2.72 bits per heavy atom. The van der Waals surface area contributed by atoms with Crippen LogP contribution in [-0.4, -0.2) is 15.3 Å². The van der Waals surface area contributed by atoms with Gasteiger partial charge in [0.05, 0.1) is 22.7 Å². The summed E-state index contributed by atoms with van der Waals surface area (Å²) >= 11 is 0. The Kier molecular flexibility index (Phi) is 4.70. The van der Waals surface area contributed by atoms with E-state index in [2.05, 4.69) is 16.2 Å². The number of aromatic nitrogens is 2. The summed E-state index contributed by atoms with van der Waals surface area (Å²) in [5, 5.41) is 12.9. The first-order valence-corrected chi connectivity index (χ1v) is 7.52. The van der Waals surface area contributed by atoms with Crippen molar-refractivity contribution in [3.63, 3.8) is 0 Å². The number of hydrogen-bond acceptors (Lipinski definition) is 4. The van der Waals surface area contributed by atoms with Gasteiger partial charge in [0.15, 0.2) is 5.82 Å². The van der Waals surface area contributed by atoms with Crippen molar-refractivity contribution in [1.29, 1.82) is 5.26 Å². The predicted molar refractivity (Wildman–Crippen MR) is 89.1 cm³/mol. The van der Waals surface area contributed by atoms with Gasteiger partial charge in [-0.1, -0.05) is 35.5 Å². The van der Waals surface area contributed by atoms with Gasteiger partial charge in [-0.25, -0.2) is 4.98 Å². The Labute approximate surface area is 142 Å². The predicted octanol–water partition coefficient (Wildman–Crippen LogP) is 4.24. The second-order valence-corrected chi connectivity index (χ2v) is 5.29. The number of oxime groups is 1. The number of nitrogens with zero attached hydrogens (tertiary/aromatic N) is 4. The third-order valence-corrected chi connectivity index (χ3v) is 3.67. The van der Waals surface area contributed by atoms with Crippen molar-refractivity contribution in [1.82, 2.24) is 9.55 Å². The third-order valence-electron chi connectivity index (χ3n) is 3.67. The highest BCUT2D eigenvalue weighted by atomic mass is 19.3. The molecule has 0 saturated carbocycles. The topological polar surface area (TPSA) is 63.2 Å². The molecule has 2 aromatic carbocycles. The molecule has 5 nitrogen and oxygen atoms in total. The maximum atomic E-state index is 13.4. The second kappa shape index (κ2) is 7.09. The molecule has 1 aromatic heterocycles. The van der Waals surface area contributed by atoms with Crippen LogP contribution < -0.4 is 0 Å². The van der Waals surface area contributed by atoms with Gasteiger partial charge in [0.2, 0.25) is 0 Å². The van der Waals surface area contributed by atoms with Gasteiger partial charge in [0.1, 0.15) is 12.3 Å². The molecule has 0 atom stereocenters. The average molecular weight is 340 g/mol. The number of halogens is 2. The van der Waals surface area contributed by atoms with Crippen LogP contribution in [0.5, 0.6) is 0 Å². The highest BCUT2D eigenvalue weighted by molar-refractivity contribution is 5.98. The summed E-state index contributed by atoms with van der Waals surface area (Å²) in [5.41, 5.74) is 2.17. The largest absolute Gasteiger partial charge is 0.391 e. The van der Waals surface area contributed by atoms with Crippen LogP contribution in [0.15, 0.2) is 53.7 Å². The first kappa shape index (κ1) is 16.6. The number of nitriles is 1. The standard InChI is InChI=1S/C18H14F2N4O/c1-12(23-25-11-14-7-3-2-6-13(14)10-21)17-22-15-8-4-5-9-16(15)24(17)18(19)20/h2-9,18H,11H2,1H3. The summed E-state index contributed by atoms with van der Waals surface area (Å²) in [6.45, 7) is -1.13. The Morgan fingerprint density at radius 1 is 1.24 bits per heavy atom. The molecule has 25 heavy (non-hydrogen) atoms. The minimum Gasteiger partial charge on any atom is -0.391 e. The molecule has 0 aliphatic rings. The highest BCUT2D eigenvalue weighted by Crippen LogP contribution is 2.23. The first-order chi connectivity index (χ1) is 12.1. The fourth-order valence-corrected chi connectivity index (χ4v) is 2.49. The van der Waals surface area contributed by atoms with Crippen molar-refractivity contribution in [2.75, 3.05) is 0 Å². The molecular formula is C18H14F2N4O. The Bertz CT molecular complexity index is 973. The van der Waals surface area contributed by atoms with Gasteiger partial charge in [-0.05, 0) is 25.1 Å². The molecule has 0 aliphatic heterocycles. The number of imidazole rings is 1. The van der Waals surface area contributed by atoms with E-state index in [9.17, 15) is 8.78 Å². The lowest BCUT2D eigenvalue weighted by molar-refractivity contribution is 0.0736. The molecule has 126 valence electrons. The minimum absolute atomic E-state index is 0.0461. The summed E-state index contributed by atoms with van der Waals surface area (Å²) in [5.74, 6) is 0.0461. The summed E-state index contributed by atoms with van der Waals surface area (Å²) in [7, 11) is 0. The van der Waals surface area contributed by atoms with Gasteiger partial charge < -0.3 is 4.84 Å². The molecule has 3 rings (SSSR count). The number of para-hydroxylation sites is 2. The molecule has 0 N–H and O–H groups in total. The van der Waals surface area contributed by atoms with E-state index < -0.39 is 6.55 Å². The third kappa shape index (κ3) is 3.33. The van der Waals surface area contributed by atoms with Crippen LogP contribution in [0, 0.1) is 11.3 Å². The number of benzene rings is 2. The van der Waals surface area contributed by atoms with Gasteiger partial charge in [-0.2, -0.15) is 14.0 Å².